The first-order valence-corrected chi connectivity index (χ1v) is 8.13. The molecule has 3 aromatic rings. The van der Waals surface area contributed by atoms with Crippen LogP contribution in [-0.2, 0) is 0 Å². The molecule has 1 amide bonds. The Morgan fingerprint density at radius 2 is 1.69 bits per heavy atom. The maximum atomic E-state index is 13.7. The van der Waals surface area contributed by atoms with Crippen molar-refractivity contribution in [3.63, 3.8) is 0 Å². The minimum absolute atomic E-state index is 0.169. The minimum Gasteiger partial charge on any atom is -0.349 e. The van der Waals surface area contributed by atoms with Gasteiger partial charge in [-0.1, -0.05) is 35.3 Å². The fourth-order valence-corrected chi connectivity index (χ4v) is 2.54. The number of nitrogens with one attached hydrogen (secondary N) is 2. The molecule has 132 valence electrons. The Labute approximate surface area is 157 Å². The van der Waals surface area contributed by atoms with Crippen LogP contribution in [0.5, 0.6) is 0 Å². The molecule has 3 rings (SSSR count). The van der Waals surface area contributed by atoms with Crippen LogP contribution in [0.3, 0.4) is 0 Å². The first-order valence-electron chi connectivity index (χ1n) is 7.37. The molecule has 1 aromatic heterocycles. The zero-order chi connectivity index (χ0) is 18.7. The molecule has 0 atom stereocenters. The second-order valence-electron chi connectivity index (χ2n) is 5.24. The molecule has 4 nitrogen and oxygen atoms in total. The van der Waals surface area contributed by atoms with Crippen LogP contribution < -0.4 is 10.6 Å². The average molecular weight is 394 g/mol. The SMILES string of the molecule is O=C(Nc1cccc(Cl)c1Cl)c1cncc(Nc2c(F)cccc2F)c1. The van der Waals surface area contributed by atoms with Gasteiger partial charge < -0.3 is 10.6 Å². The second-order valence-corrected chi connectivity index (χ2v) is 6.02. The highest BCUT2D eigenvalue weighted by atomic mass is 35.5. The molecule has 2 aromatic carbocycles. The normalized spacial score (nSPS) is 10.5. The first kappa shape index (κ1) is 18.1. The summed E-state index contributed by atoms with van der Waals surface area (Å²) >= 11 is 12.0. The van der Waals surface area contributed by atoms with Gasteiger partial charge in [0.1, 0.15) is 17.3 Å². The number of hydrogen-bond donors (Lipinski definition) is 2. The Kier molecular flexibility index (Phi) is 5.35. The van der Waals surface area contributed by atoms with Crippen LogP contribution in [-0.4, -0.2) is 10.9 Å². The smallest absolute Gasteiger partial charge is 0.257 e. The molecule has 0 aliphatic rings. The molecule has 0 spiro atoms. The molecular formula is C18H11Cl2F2N3O. The van der Waals surface area contributed by atoms with E-state index in [4.69, 9.17) is 23.2 Å². The van der Waals surface area contributed by atoms with Gasteiger partial charge in [0, 0.05) is 6.20 Å². The van der Waals surface area contributed by atoms with Gasteiger partial charge in [0.25, 0.3) is 5.91 Å². The van der Waals surface area contributed by atoms with E-state index >= 15 is 0 Å². The maximum Gasteiger partial charge on any atom is 0.257 e. The highest BCUT2D eigenvalue weighted by molar-refractivity contribution is 6.44. The summed E-state index contributed by atoms with van der Waals surface area (Å²) in [5, 5.41) is 5.70. The van der Waals surface area contributed by atoms with Crippen molar-refractivity contribution >= 4 is 46.2 Å². The highest BCUT2D eigenvalue weighted by Crippen LogP contribution is 2.30. The van der Waals surface area contributed by atoms with Crippen LogP contribution >= 0.6 is 23.2 Å². The molecule has 8 heteroatoms. The number of benzene rings is 2. The molecule has 2 N–H and O–H groups in total. The number of nitrogens with zero attached hydrogens (tertiary/aromatic N) is 1. The van der Waals surface area contributed by atoms with E-state index in [2.05, 4.69) is 15.6 Å². The third-order valence-corrected chi connectivity index (χ3v) is 4.25. The summed E-state index contributed by atoms with van der Waals surface area (Å²) in [6.07, 6.45) is 2.66. The molecular weight excluding hydrogens is 383 g/mol. The Morgan fingerprint density at radius 3 is 2.42 bits per heavy atom. The van der Waals surface area contributed by atoms with Crippen molar-refractivity contribution in [2.24, 2.45) is 0 Å². The van der Waals surface area contributed by atoms with Gasteiger partial charge in [-0.25, -0.2) is 8.78 Å². The lowest BCUT2D eigenvalue weighted by Crippen LogP contribution is -2.13. The fourth-order valence-electron chi connectivity index (χ4n) is 2.19. The number of hydrogen-bond acceptors (Lipinski definition) is 3. The number of amides is 1. The minimum atomic E-state index is -0.759. The van der Waals surface area contributed by atoms with Gasteiger partial charge >= 0.3 is 0 Å². The summed E-state index contributed by atoms with van der Waals surface area (Å²) in [7, 11) is 0. The molecule has 0 saturated heterocycles. The van der Waals surface area contributed by atoms with Gasteiger partial charge in [0.15, 0.2) is 0 Å². The van der Waals surface area contributed by atoms with Crippen LogP contribution in [0.2, 0.25) is 10.0 Å². The second kappa shape index (κ2) is 7.68. The van der Waals surface area contributed by atoms with E-state index in [0.717, 1.165) is 12.1 Å². The number of halogens is 4. The summed E-state index contributed by atoms with van der Waals surface area (Å²) < 4.78 is 27.5. The fraction of sp³-hybridized carbons (Fsp3) is 0. The number of para-hydroxylation sites is 1. The monoisotopic (exact) mass is 393 g/mol. The van der Waals surface area contributed by atoms with E-state index < -0.39 is 17.5 Å². The summed E-state index contributed by atoms with van der Waals surface area (Å²) in [6.45, 7) is 0. The number of carbonyl (C=O) groups excluding carboxylic acids is 1. The van der Waals surface area contributed by atoms with Gasteiger partial charge in [-0.2, -0.15) is 0 Å². The number of carbonyl (C=O) groups is 1. The molecule has 0 fully saturated rings. The van der Waals surface area contributed by atoms with E-state index in [-0.39, 0.29) is 22.0 Å². The van der Waals surface area contributed by atoms with E-state index in [9.17, 15) is 13.6 Å². The van der Waals surface area contributed by atoms with Gasteiger partial charge in [0.05, 0.1) is 33.2 Å². The quantitative estimate of drug-likeness (QED) is 0.600. The van der Waals surface area contributed by atoms with E-state index in [1.54, 1.807) is 18.2 Å². The van der Waals surface area contributed by atoms with Crippen LogP contribution in [0, 0.1) is 11.6 Å². The van der Waals surface area contributed by atoms with Crippen LogP contribution in [0.1, 0.15) is 10.4 Å². The van der Waals surface area contributed by atoms with Gasteiger partial charge in [0.2, 0.25) is 0 Å². The molecule has 0 radical (unpaired) electrons. The summed E-state index contributed by atoms with van der Waals surface area (Å²) in [5.41, 5.74) is 0.425. The van der Waals surface area contributed by atoms with Gasteiger partial charge in [-0.15, -0.1) is 0 Å². The Balaban J connectivity index is 1.83. The molecule has 0 unspecified atom stereocenters. The number of aromatic nitrogens is 1. The van der Waals surface area contributed by atoms with Crippen LogP contribution in [0.15, 0.2) is 54.9 Å². The van der Waals surface area contributed by atoms with Crippen LogP contribution in [0.4, 0.5) is 25.8 Å². The Bertz CT molecular complexity index is 962. The topological polar surface area (TPSA) is 54.0 Å². The molecule has 0 saturated carbocycles. The summed E-state index contributed by atoms with van der Waals surface area (Å²) in [4.78, 5) is 16.3. The van der Waals surface area contributed by atoms with Gasteiger partial charge in [-0.05, 0) is 30.3 Å². The van der Waals surface area contributed by atoms with Crippen molar-refractivity contribution in [2.75, 3.05) is 10.6 Å². The first-order chi connectivity index (χ1) is 12.5. The van der Waals surface area contributed by atoms with Gasteiger partial charge in [-0.3, -0.25) is 9.78 Å². The third-order valence-electron chi connectivity index (χ3n) is 3.43. The molecule has 0 aliphatic heterocycles. The Morgan fingerprint density at radius 1 is 1.00 bits per heavy atom. The van der Waals surface area contributed by atoms with Crippen molar-refractivity contribution in [2.45, 2.75) is 0 Å². The largest absolute Gasteiger partial charge is 0.349 e. The number of pyridine rings is 1. The zero-order valence-electron chi connectivity index (χ0n) is 13.1. The maximum absolute atomic E-state index is 13.7. The van der Waals surface area contributed by atoms with Crippen LogP contribution in [0.25, 0.3) is 0 Å². The number of rotatable bonds is 4. The van der Waals surface area contributed by atoms with Crippen molar-refractivity contribution < 1.29 is 13.6 Å². The molecule has 1 heterocycles. The van der Waals surface area contributed by atoms with E-state index in [1.165, 1.54) is 24.5 Å². The standard InChI is InChI=1S/C18H11Cl2F2N3O/c19-12-3-1-6-15(16(12)20)25-18(26)10-7-11(9-23-8-10)24-17-13(21)4-2-5-14(17)22/h1-9,24H,(H,25,26). The predicted octanol–water partition coefficient (Wildman–Crippen LogP) is 5.66. The summed E-state index contributed by atoms with van der Waals surface area (Å²) in [6, 6.07) is 9.73. The molecule has 0 aliphatic carbocycles. The Hall–Kier alpha value is -2.70. The van der Waals surface area contributed by atoms with Crippen molar-refractivity contribution in [3.05, 3.63) is 82.1 Å². The lowest BCUT2D eigenvalue weighted by molar-refractivity contribution is 0.102. The third kappa shape index (κ3) is 3.92. The van der Waals surface area contributed by atoms with Crippen molar-refractivity contribution in [1.29, 1.82) is 0 Å². The molecule has 0 bridgehead atoms. The van der Waals surface area contributed by atoms with E-state index in [0.29, 0.717) is 10.7 Å². The average Bonchev–Trinajstić information content (AvgIpc) is 2.62. The lowest BCUT2D eigenvalue weighted by Gasteiger charge is -2.11. The highest BCUT2D eigenvalue weighted by Gasteiger charge is 2.13. The zero-order valence-corrected chi connectivity index (χ0v) is 14.6. The lowest BCUT2D eigenvalue weighted by atomic mass is 10.2. The molecule has 26 heavy (non-hydrogen) atoms. The number of anilines is 3. The summed E-state index contributed by atoms with van der Waals surface area (Å²) in [5.74, 6) is -2.02. The predicted molar refractivity (Wildman–Crippen MR) is 98.3 cm³/mol. The van der Waals surface area contributed by atoms with Crippen molar-refractivity contribution in [3.8, 4) is 0 Å². The van der Waals surface area contributed by atoms with E-state index in [1.807, 2.05) is 0 Å². The van der Waals surface area contributed by atoms with Crippen molar-refractivity contribution in [1.82, 2.24) is 4.98 Å².